The fourth-order valence-corrected chi connectivity index (χ4v) is 4.06. The maximum Gasteiger partial charge on any atom is 0.140 e. The van der Waals surface area contributed by atoms with Gasteiger partial charge < -0.3 is 14.6 Å². The first kappa shape index (κ1) is 17.7. The molecule has 1 aromatic carbocycles. The number of nitriles is 1. The van der Waals surface area contributed by atoms with Gasteiger partial charge in [-0.2, -0.15) is 5.26 Å². The number of aryl methyl sites for hydroxylation is 1. The molecule has 0 bridgehead atoms. The molecule has 0 amide bonds. The Morgan fingerprint density at radius 1 is 1.30 bits per heavy atom. The van der Waals surface area contributed by atoms with Crippen LogP contribution in [-0.4, -0.2) is 33.1 Å². The van der Waals surface area contributed by atoms with Gasteiger partial charge in [0.25, 0.3) is 0 Å². The van der Waals surface area contributed by atoms with Gasteiger partial charge in [-0.1, -0.05) is 17.7 Å². The van der Waals surface area contributed by atoms with Crippen LogP contribution >= 0.6 is 0 Å². The summed E-state index contributed by atoms with van der Waals surface area (Å²) in [5, 5.41) is 21.5. The van der Waals surface area contributed by atoms with Crippen molar-refractivity contribution in [3.8, 4) is 6.07 Å². The molecule has 5 heteroatoms. The summed E-state index contributed by atoms with van der Waals surface area (Å²) in [5.41, 5.74) is 5.11. The zero-order chi connectivity index (χ0) is 19.2. The second-order valence-corrected chi connectivity index (χ2v) is 7.84. The van der Waals surface area contributed by atoms with Crippen LogP contribution in [0.3, 0.4) is 0 Å². The lowest BCUT2D eigenvalue weighted by Crippen LogP contribution is -2.31. The minimum absolute atomic E-state index is 0.358. The van der Waals surface area contributed by atoms with E-state index in [9.17, 15) is 5.11 Å². The van der Waals surface area contributed by atoms with Gasteiger partial charge in [-0.15, -0.1) is 0 Å². The first-order valence-corrected chi connectivity index (χ1v) is 9.27. The lowest BCUT2D eigenvalue weighted by molar-refractivity contribution is 0.0381. The van der Waals surface area contributed by atoms with Gasteiger partial charge in [-0.25, -0.2) is 4.98 Å². The van der Waals surface area contributed by atoms with Crippen molar-refractivity contribution in [2.24, 2.45) is 0 Å². The van der Waals surface area contributed by atoms with Crippen molar-refractivity contribution in [3.63, 3.8) is 0 Å². The van der Waals surface area contributed by atoms with Gasteiger partial charge in [0, 0.05) is 47.9 Å². The second-order valence-electron chi connectivity index (χ2n) is 7.84. The van der Waals surface area contributed by atoms with E-state index in [1.807, 2.05) is 13.0 Å². The quantitative estimate of drug-likeness (QED) is 0.779. The number of likely N-dealkylation sites (N-methyl/N-ethyl adjacent to an activating group) is 1. The Morgan fingerprint density at radius 2 is 2.11 bits per heavy atom. The molecule has 0 radical (unpaired) electrons. The van der Waals surface area contributed by atoms with Crippen molar-refractivity contribution in [1.29, 1.82) is 5.26 Å². The molecule has 4 rings (SSSR count). The number of nitrogens with zero attached hydrogens (tertiary/aromatic N) is 4. The molecule has 1 aliphatic rings. The maximum absolute atomic E-state index is 11.2. The summed E-state index contributed by atoms with van der Waals surface area (Å²) in [6, 6.07) is 12.0. The predicted octanol–water partition coefficient (Wildman–Crippen LogP) is 3.11. The highest BCUT2D eigenvalue weighted by Crippen LogP contribution is 2.34. The number of hydrogen-bond donors (Lipinski definition) is 1. The molecule has 1 atom stereocenters. The largest absolute Gasteiger partial charge is 0.384 e. The highest BCUT2D eigenvalue weighted by molar-refractivity contribution is 5.86. The molecule has 5 nitrogen and oxygen atoms in total. The van der Waals surface area contributed by atoms with Crippen molar-refractivity contribution in [3.05, 3.63) is 64.6 Å². The summed E-state index contributed by atoms with van der Waals surface area (Å²) in [7, 11) is 2.15. The number of benzene rings is 1. The number of hydrogen-bond acceptors (Lipinski definition) is 4. The predicted molar refractivity (Wildman–Crippen MR) is 105 cm³/mol. The number of fused-ring (bicyclic) bond motifs is 3. The van der Waals surface area contributed by atoms with Gasteiger partial charge in [0.1, 0.15) is 17.4 Å². The van der Waals surface area contributed by atoms with Crippen molar-refractivity contribution in [2.75, 3.05) is 13.6 Å². The van der Waals surface area contributed by atoms with Gasteiger partial charge in [0.15, 0.2) is 0 Å². The van der Waals surface area contributed by atoms with Crippen molar-refractivity contribution < 1.29 is 5.11 Å². The SMILES string of the molecule is Cc1ccc2c(c1)c1c(n2CC(C)(O)c2ccc(C#N)nc2)CCN(C)C1. The van der Waals surface area contributed by atoms with Crippen LogP contribution in [0.1, 0.15) is 35.0 Å². The molecular formula is C22H24N4O. The van der Waals surface area contributed by atoms with Gasteiger partial charge in [0.05, 0.1) is 6.54 Å². The van der Waals surface area contributed by atoms with Crippen LogP contribution in [0.4, 0.5) is 0 Å². The van der Waals surface area contributed by atoms with Gasteiger partial charge in [0.2, 0.25) is 0 Å². The van der Waals surface area contributed by atoms with E-state index in [2.05, 4.69) is 46.6 Å². The van der Waals surface area contributed by atoms with Gasteiger partial charge in [-0.3, -0.25) is 0 Å². The molecule has 0 saturated carbocycles. The highest BCUT2D eigenvalue weighted by Gasteiger charge is 2.29. The van der Waals surface area contributed by atoms with E-state index < -0.39 is 5.60 Å². The molecule has 1 unspecified atom stereocenters. The zero-order valence-electron chi connectivity index (χ0n) is 16.0. The second kappa shape index (κ2) is 6.49. The summed E-state index contributed by atoms with van der Waals surface area (Å²) < 4.78 is 2.27. The van der Waals surface area contributed by atoms with Crippen LogP contribution in [0.15, 0.2) is 36.5 Å². The molecule has 2 aromatic heterocycles. The van der Waals surface area contributed by atoms with Crippen molar-refractivity contribution in [2.45, 2.75) is 39.0 Å². The monoisotopic (exact) mass is 360 g/mol. The molecule has 3 aromatic rings. The number of aliphatic hydroxyl groups is 1. The van der Waals surface area contributed by atoms with Gasteiger partial charge >= 0.3 is 0 Å². The topological polar surface area (TPSA) is 65.1 Å². The number of aromatic nitrogens is 2. The summed E-state index contributed by atoms with van der Waals surface area (Å²) >= 11 is 0. The molecule has 1 aliphatic heterocycles. The fraction of sp³-hybridized carbons (Fsp3) is 0.364. The van der Waals surface area contributed by atoms with Crippen molar-refractivity contribution in [1.82, 2.24) is 14.5 Å². The van der Waals surface area contributed by atoms with Crippen LogP contribution < -0.4 is 0 Å². The summed E-state index contributed by atoms with van der Waals surface area (Å²) in [6.45, 7) is 6.34. The number of rotatable bonds is 3. The Morgan fingerprint density at radius 3 is 2.81 bits per heavy atom. The van der Waals surface area contributed by atoms with E-state index in [-0.39, 0.29) is 0 Å². The van der Waals surface area contributed by atoms with Crippen LogP contribution in [0, 0.1) is 18.3 Å². The average Bonchev–Trinajstić information content (AvgIpc) is 2.94. The lowest BCUT2D eigenvalue weighted by Gasteiger charge is -2.28. The zero-order valence-corrected chi connectivity index (χ0v) is 16.0. The van der Waals surface area contributed by atoms with E-state index in [1.165, 1.54) is 27.7 Å². The van der Waals surface area contributed by atoms with E-state index in [0.29, 0.717) is 12.2 Å². The normalized spacial score (nSPS) is 16.7. The Hall–Kier alpha value is -2.68. The summed E-state index contributed by atoms with van der Waals surface area (Å²) in [6.07, 6.45) is 2.58. The maximum atomic E-state index is 11.2. The molecule has 1 N–H and O–H groups in total. The number of pyridine rings is 1. The Kier molecular flexibility index (Phi) is 4.26. The third-order valence-corrected chi connectivity index (χ3v) is 5.57. The van der Waals surface area contributed by atoms with E-state index in [0.717, 1.165) is 25.1 Å². The van der Waals surface area contributed by atoms with Gasteiger partial charge in [-0.05, 0) is 44.7 Å². The van der Waals surface area contributed by atoms with Crippen LogP contribution in [-0.2, 0) is 25.1 Å². The molecule has 0 saturated heterocycles. The van der Waals surface area contributed by atoms with E-state index >= 15 is 0 Å². The molecule has 3 heterocycles. The minimum Gasteiger partial charge on any atom is -0.384 e. The molecule has 0 fully saturated rings. The first-order valence-electron chi connectivity index (χ1n) is 9.27. The Bertz CT molecular complexity index is 1040. The van der Waals surface area contributed by atoms with Crippen LogP contribution in [0.25, 0.3) is 10.9 Å². The third-order valence-electron chi connectivity index (χ3n) is 5.57. The average molecular weight is 360 g/mol. The summed E-state index contributed by atoms with van der Waals surface area (Å²) in [4.78, 5) is 6.47. The van der Waals surface area contributed by atoms with E-state index in [4.69, 9.17) is 5.26 Å². The Balaban J connectivity index is 1.80. The molecule has 138 valence electrons. The van der Waals surface area contributed by atoms with E-state index in [1.54, 1.807) is 18.3 Å². The molecular weight excluding hydrogens is 336 g/mol. The first-order chi connectivity index (χ1) is 12.9. The lowest BCUT2D eigenvalue weighted by atomic mass is 9.97. The smallest absolute Gasteiger partial charge is 0.140 e. The highest BCUT2D eigenvalue weighted by atomic mass is 16.3. The van der Waals surface area contributed by atoms with Crippen molar-refractivity contribution >= 4 is 10.9 Å². The minimum atomic E-state index is -1.07. The van der Waals surface area contributed by atoms with Crippen LogP contribution in [0.5, 0.6) is 0 Å². The summed E-state index contributed by atoms with van der Waals surface area (Å²) in [5.74, 6) is 0. The van der Waals surface area contributed by atoms with Crippen LogP contribution in [0.2, 0.25) is 0 Å². The molecule has 27 heavy (non-hydrogen) atoms. The molecule has 0 aliphatic carbocycles. The Labute approximate surface area is 159 Å². The standard InChI is InChI=1S/C22H24N4O/c1-15-4-7-20-18(10-15)19-13-25(3)9-8-21(19)26(20)14-22(2,27)16-5-6-17(11-23)24-12-16/h4-7,10,12,27H,8-9,13-14H2,1-3H3. The fourth-order valence-electron chi connectivity index (χ4n) is 4.06. The molecule has 0 spiro atoms. The third kappa shape index (κ3) is 3.12.